The maximum absolute atomic E-state index is 4.58. The smallest absolute Gasteiger partial charge is 0.0889 e. The monoisotopic (exact) mass is 226 g/mol. The Morgan fingerprint density at radius 3 is 2.41 bits per heavy atom. The minimum absolute atomic E-state index is 0.879. The van der Waals surface area contributed by atoms with Crippen LogP contribution in [0.2, 0.25) is 0 Å². The molecule has 1 aromatic heterocycles. The molecule has 2 heteroatoms. The van der Waals surface area contributed by atoms with Crippen LogP contribution in [0.4, 0.5) is 0 Å². The molecule has 2 nitrogen and oxygen atoms in total. The summed E-state index contributed by atoms with van der Waals surface area (Å²) >= 11 is 0. The molecule has 0 aromatic carbocycles. The number of aromatic nitrogens is 2. The molecule has 1 heterocycles. The molecule has 0 atom stereocenters. The standard InChI is InChI=1S/C15H18N2/c1-5-9-10-12(6-2)15-11-16-13(7-3)14(8-4)17-15/h5-11H,1H2,2-4H3/b10-9-,12-6+,13-7+,14-8+. The molecule has 0 N–H and O–H groups in total. The lowest BCUT2D eigenvalue weighted by Crippen LogP contribution is -2.31. The summed E-state index contributed by atoms with van der Waals surface area (Å²) in [5.74, 6) is 0. The molecule has 0 amide bonds. The molecular formula is C15H18N2. The van der Waals surface area contributed by atoms with E-state index in [0.29, 0.717) is 0 Å². The highest BCUT2D eigenvalue weighted by Gasteiger charge is 1.99. The number of hydrogen-bond acceptors (Lipinski definition) is 2. The minimum atomic E-state index is 0.879. The normalized spacial score (nSPS) is 14.6. The van der Waals surface area contributed by atoms with Crippen LogP contribution in [0.1, 0.15) is 26.5 Å². The van der Waals surface area contributed by atoms with Gasteiger partial charge in [-0.25, -0.2) is 4.98 Å². The van der Waals surface area contributed by atoms with Crippen LogP contribution < -0.4 is 10.7 Å². The third-order valence-electron chi connectivity index (χ3n) is 2.39. The maximum atomic E-state index is 4.58. The SMILES string of the molecule is C=C/C=C\C(=C/C)c1cnc(=C/C)/c(=C\C)n1. The fraction of sp³-hybridized carbons (Fsp3) is 0.200. The van der Waals surface area contributed by atoms with Crippen LogP contribution in [-0.2, 0) is 0 Å². The van der Waals surface area contributed by atoms with Gasteiger partial charge in [0.05, 0.1) is 22.6 Å². The van der Waals surface area contributed by atoms with E-state index in [9.17, 15) is 0 Å². The van der Waals surface area contributed by atoms with Gasteiger partial charge in [-0.05, 0) is 26.3 Å². The number of nitrogens with zero attached hydrogens (tertiary/aromatic N) is 2. The predicted octanol–water partition coefficient (Wildman–Crippen LogP) is 2.22. The quantitative estimate of drug-likeness (QED) is 0.739. The van der Waals surface area contributed by atoms with E-state index in [1.165, 1.54) is 0 Å². The molecule has 0 aliphatic rings. The largest absolute Gasteiger partial charge is 0.253 e. The molecule has 0 radical (unpaired) electrons. The van der Waals surface area contributed by atoms with E-state index in [2.05, 4.69) is 16.5 Å². The van der Waals surface area contributed by atoms with Crippen molar-refractivity contribution in [1.29, 1.82) is 0 Å². The Hall–Kier alpha value is -1.96. The Balaban J connectivity index is 3.34. The zero-order valence-electron chi connectivity index (χ0n) is 10.6. The third kappa shape index (κ3) is 3.25. The second-order valence-electron chi connectivity index (χ2n) is 3.44. The zero-order valence-corrected chi connectivity index (χ0v) is 10.6. The molecule has 0 aliphatic heterocycles. The molecule has 0 saturated carbocycles. The topological polar surface area (TPSA) is 25.8 Å². The van der Waals surface area contributed by atoms with Crippen LogP contribution in [0.5, 0.6) is 0 Å². The molecule has 0 fully saturated rings. The van der Waals surface area contributed by atoms with Gasteiger partial charge < -0.3 is 0 Å². The van der Waals surface area contributed by atoms with Crippen molar-refractivity contribution in [1.82, 2.24) is 9.97 Å². The number of rotatable bonds is 3. The van der Waals surface area contributed by atoms with Crippen LogP contribution in [0.3, 0.4) is 0 Å². The molecule has 1 aromatic rings. The fourth-order valence-electron chi connectivity index (χ4n) is 1.49. The van der Waals surface area contributed by atoms with Gasteiger partial charge >= 0.3 is 0 Å². The van der Waals surface area contributed by atoms with Gasteiger partial charge in [-0.1, -0.05) is 43.0 Å². The van der Waals surface area contributed by atoms with Crippen molar-refractivity contribution in [2.75, 3.05) is 0 Å². The fourth-order valence-corrected chi connectivity index (χ4v) is 1.49. The van der Waals surface area contributed by atoms with Gasteiger partial charge in [-0.3, -0.25) is 4.98 Å². The van der Waals surface area contributed by atoms with Gasteiger partial charge in [-0.15, -0.1) is 0 Å². The molecule has 0 aliphatic carbocycles. The Bertz CT molecular complexity index is 563. The lowest BCUT2D eigenvalue weighted by Gasteiger charge is -2.00. The molecule has 0 saturated heterocycles. The van der Waals surface area contributed by atoms with Gasteiger partial charge in [0.15, 0.2) is 0 Å². The van der Waals surface area contributed by atoms with Crippen molar-refractivity contribution in [3.8, 4) is 0 Å². The summed E-state index contributed by atoms with van der Waals surface area (Å²) in [6.45, 7) is 9.58. The van der Waals surface area contributed by atoms with Crippen molar-refractivity contribution in [3.05, 3.63) is 53.5 Å². The highest BCUT2D eigenvalue weighted by atomic mass is 14.8. The first kappa shape index (κ1) is 13.1. The van der Waals surface area contributed by atoms with E-state index in [0.717, 1.165) is 22.0 Å². The molecular weight excluding hydrogens is 208 g/mol. The minimum Gasteiger partial charge on any atom is -0.253 e. The van der Waals surface area contributed by atoms with Gasteiger partial charge in [0.1, 0.15) is 0 Å². The zero-order chi connectivity index (χ0) is 12.7. The first-order valence-electron chi connectivity index (χ1n) is 5.68. The van der Waals surface area contributed by atoms with Crippen LogP contribution in [0.15, 0.2) is 37.1 Å². The average Bonchev–Trinajstić information content (AvgIpc) is 2.39. The summed E-state index contributed by atoms with van der Waals surface area (Å²) < 4.78 is 0. The Kier molecular flexibility index (Phi) is 5.08. The van der Waals surface area contributed by atoms with Gasteiger partial charge in [0.25, 0.3) is 0 Å². The van der Waals surface area contributed by atoms with E-state index in [-0.39, 0.29) is 0 Å². The average molecular weight is 226 g/mol. The number of hydrogen-bond donors (Lipinski definition) is 0. The van der Waals surface area contributed by atoms with E-state index in [4.69, 9.17) is 0 Å². The van der Waals surface area contributed by atoms with Crippen molar-refractivity contribution in [2.24, 2.45) is 0 Å². The van der Waals surface area contributed by atoms with Crippen LogP contribution in [-0.4, -0.2) is 9.97 Å². The van der Waals surface area contributed by atoms with Crippen molar-refractivity contribution in [2.45, 2.75) is 20.8 Å². The second kappa shape index (κ2) is 6.59. The molecule has 0 spiro atoms. The molecule has 0 bridgehead atoms. The first-order valence-corrected chi connectivity index (χ1v) is 5.68. The van der Waals surface area contributed by atoms with E-state index >= 15 is 0 Å². The Labute approximate surface area is 102 Å². The van der Waals surface area contributed by atoms with Gasteiger partial charge in [-0.2, -0.15) is 0 Å². The Morgan fingerprint density at radius 2 is 1.88 bits per heavy atom. The molecule has 0 unspecified atom stereocenters. The number of allylic oxidation sites excluding steroid dienone is 5. The van der Waals surface area contributed by atoms with Crippen LogP contribution >= 0.6 is 0 Å². The first-order chi connectivity index (χ1) is 8.26. The summed E-state index contributed by atoms with van der Waals surface area (Å²) in [6, 6.07) is 0. The molecule has 17 heavy (non-hydrogen) atoms. The lowest BCUT2D eigenvalue weighted by molar-refractivity contribution is 1.07. The molecule has 88 valence electrons. The molecule has 1 rings (SSSR count). The highest BCUT2D eigenvalue weighted by Crippen LogP contribution is 2.09. The highest BCUT2D eigenvalue weighted by molar-refractivity contribution is 5.71. The van der Waals surface area contributed by atoms with Crippen molar-refractivity contribution in [3.63, 3.8) is 0 Å². The second-order valence-corrected chi connectivity index (χ2v) is 3.44. The van der Waals surface area contributed by atoms with E-state index in [1.54, 1.807) is 12.3 Å². The summed E-state index contributed by atoms with van der Waals surface area (Å²) in [4.78, 5) is 8.98. The van der Waals surface area contributed by atoms with Gasteiger partial charge in [0.2, 0.25) is 0 Å². The van der Waals surface area contributed by atoms with E-state index in [1.807, 2.05) is 51.2 Å². The van der Waals surface area contributed by atoms with Crippen molar-refractivity contribution >= 4 is 17.7 Å². The van der Waals surface area contributed by atoms with Crippen molar-refractivity contribution < 1.29 is 0 Å². The van der Waals surface area contributed by atoms with Crippen LogP contribution in [0, 0.1) is 0 Å². The summed E-state index contributed by atoms with van der Waals surface area (Å²) in [6.07, 6.45) is 13.4. The summed E-state index contributed by atoms with van der Waals surface area (Å²) in [5, 5.41) is 1.83. The van der Waals surface area contributed by atoms with E-state index < -0.39 is 0 Å². The maximum Gasteiger partial charge on any atom is 0.0889 e. The summed E-state index contributed by atoms with van der Waals surface area (Å²) in [7, 11) is 0. The van der Waals surface area contributed by atoms with Crippen LogP contribution in [0.25, 0.3) is 17.7 Å². The Morgan fingerprint density at radius 1 is 1.18 bits per heavy atom. The lowest BCUT2D eigenvalue weighted by atomic mass is 10.1. The van der Waals surface area contributed by atoms with Gasteiger partial charge in [0, 0.05) is 0 Å². The third-order valence-corrected chi connectivity index (χ3v) is 2.39. The summed E-state index contributed by atoms with van der Waals surface area (Å²) in [5.41, 5.74) is 1.92. The predicted molar refractivity (Wildman–Crippen MR) is 74.5 cm³/mol.